The van der Waals surface area contributed by atoms with E-state index < -0.39 is 5.82 Å². The van der Waals surface area contributed by atoms with Gasteiger partial charge in [-0.25, -0.2) is 4.39 Å². The Labute approximate surface area is 91.7 Å². The molecule has 2 aromatic rings. The molecule has 4 heteroatoms. The van der Waals surface area contributed by atoms with E-state index in [0.717, 1.165) is 6.07 Å². The Morgan fingerprint density at radius 3 is 2.75 bits per heavy atom. The lowest BCUT2D eigenvalue weighted by Gasteiger charge is -2.04. The molecule has 1 aromatic heterocycles. The highest BCUT2D eigenvalue weighted by atomic mass is 19.1. The summed E-state index contributed by atoms with van der Waals surface area (Å²) in [5.74, 6) is -0.701. The summed E-state index contributed by atoms with van der Waals surface area (Å²) in [6.45, 7) is 1.56. The minimum atomic E-state index is -0.491. The summed E-state index contributed by atoms with van der Waals surface area (Å²) in [4.78, 5) is 11.8. The van der Waals surface area contributed by atoms with Crippen LogP contribution in [0.25, 0.3) is 0 Å². The molecule has 2 N–H and O–H groups in total. The molecule has 0 bridgehead atoms. The number of benzene rings is 1. The van der Waals surface area contributed by atoms with Gasteiger partial charge in [-0.1, -0.05) is 0 Å². The first-order chi connectivity index (χ1) is 7.59. The molecule has 0 radical (unpaired) electrons. The molecule has 1 heterocycles. The van der Waals surface area contributed by atoms with Crippen molar-refractivity contribution in [3.63, 3.8) is 0 Å². The molecule has 3 nitrogen and oxygen atoms in total. The molecular formula is C12H10FNO2. The Kier molecular flexibility index (Phi) is 2.48. The number of hydrogen-bond donors (Lipinski definition) is 1. The first-order valence-electron chi connectivity index (χ1n) is 4.73. The number of nitrogen functional groups attached to an aromatic ring is 1. The fraction of sp³-hybridized carbons (Fsp3) is 0.0833. The van der Waals surface area contributed by atoms with Gasteiger partial charge in [0.1, 0.15) is 5.82 Å². The van der Waals surface area contributed by atoms with Gasteiger partial charge in [0.2, 0.25) is 5.78 Å². The standard InChI is InChI=1S/C12H10FNO2/c1-7-9(13)5-8(6-10(7)14)12(15)11-3-2-4-16-11/h2-6H,14H2,1H3. The molecular weight excluding hydrogens is 209 g/mol. The van der Waals surface area contributed by atoms with Gasteiger partial charge in [-0.15, -0.1) is 0 Å². The second kappa shape index (κ2) is 3.81. The summed E-state index contributed by atoms with van der Waals surface area (Å²) in [5, 5.41) is 0. The maximum absolute atomic E-state index is 13.4. The van der Waals surface area contributed by atoms with Crippen molar-refractivity contribution in [3.8, 4) is 0 Å². The molecule has 2 rings (SSSR count). The van der Waals surface area contributed by atoms with Gasteiger partial charge in [-0.2, -0.15) is 0 Å². The molecule has 1 aromatic carbocycles. The number of halogens is 1. The van der Waals surface area contributed by atoms with Crippen molar-refractivity contribution in [2.24, 2.45) is 0 Å². The highest BCUT2D eigenvalue weighted by Gasteiger charge is 2.14. The Morgan fingerprint density at radius 2 is 2.19 bits per heavy atom. The predicted molar refractivity (Wildman–Crippen MR) is 57.7 cm³/mol. The Morgan fingerprint density at radius 1 is 1.44 bits per heavy atom. The number of carbonyl (C=O) groups excluding carboxylic acids is 1. The second-order valence-corrected chi connectivity index (χ2v) is 3.48. The molecule has 0 aliphatic heterocycles. The second-order valence-electron chi connectivity index (χ2n) is 3.48. The number of rotatable bonds is 2. The first kappa shape index (κ1) is 10.4. The van der Waals surface area contributed by atoms with Gasteiger partial charge in [0.05, 0.1) is 6.26 Å². The lowest BCUT2D eigenvalue weighted by Crippen LogP contribution is -2.03. The fourth-order valence-electron chi connectivity index (χ4n) is 1.38. The minimum absolute atomic E-state index is 0.169. The van der Waals surface area contributed by atoms with Gasteiger partial charge >= 0.3 is 0 Å². The largest absolute Gasteiger partial charge is 0.461 e. The van der Waals surface area contributed by atoms with Crippen LogP contribution in [-0.2, 0) is 0 Å². The summed E-state index contributed by atoms with van der Waals surface area (Å²) in [6.07, 6.45) is 1.39. The fourth-order valence-corrected chi connectivity index (χ4v) is 1.38. The van der Waals surface area contributed by atoms with Crippen molar-refractivity contribution < 1.29 is 13.6 Å². The van der Waals surface area contributed by atoms with Gasteiger partial charge in [-0.05, 0) is 31.2 Å². The Hall–Kier alpha value is -2.10. The highest BCUT2D eigenvalue weighted by molar-refractivity contribution is 6.07. The minimum Gasteiger partial charge on any atom is -0.461 e. The molecule has 16 heavy (non-hydrogen) atoms. The van der Waals surface area contributed by atoms with Crippen LogP contribution in [0.4, 0.5) is 10.1 Å². The molecule has 0 saturated heterocycles. The zero-order chi connectivity index (χ0) is 11.7. The smallest absolute Gasteiger partial charge is 0.228 e. The highest BCUT2D eigenvalue weighted by Crippen LogP contribution is 2.20. The van der Waals surface area contributed by atoms with Crippen molar-refractivity contribution in [1.29, 1.82) is 0 Å². The van der Waals surface area contributed by atoms with E-state index in [9.17, 15) is 9.18 Å². The lowest BCUT2D eigenvalue weighted by molar-refractivity contribution is 0.101. The molecule has 0 spiro atoms. The number of anilines is 1. The van der Waals surface area contributed by atoms with Gasteiger partial charge in [0.25, 0.3) is 0 Å². The quantitative estimate of drug-likeness (QED) is 0.623. The van der Waals surface area contributed by atoms with Crippen molar-refractivity contribution in [3.05, 3.63) is 53.2 Å². The van der Waals surface area contributed by atoms with Crippen molar-refractivity contribution in [2.75, 3.05) is 5.73 Å². The third-order valence-electron chi connectivity index (χ3n) is 2.39. The van der Waals surface area contributed by atoms with E-state index in [4.69, 9.17) is 10.2 Å². The van der Waals surface area contributed by atoms with Crippen LogP contribution >= 0.6 is 0 Å². The predicted octanol–water partition coefficient (Wildman–Crippen LogP) is 2.54. The van der Waals surface area contributed by atoms with Crippen LogP contribution in [-0.4, -0.2) is 5.78 Å². The summed E-state index contributed by atoms with van der Waals surface area (Å²) >= 11 is 0. The number of ketones is 1. The maximum Gasteiger partial charge on any atom is 0.228 e. The van der Waals surface area contributed by atoms with Gasteiger partial charge in [0, 0.05) is 16.8 Å². The van der Waals surface area contributed by atoms with Crippen LogP contribution in [0.5, 0.6) is 0 Å². The van der Waals surface area contributed by atoms with Crippen LogP contribution in [0.2, 0.25) is 0 Å². The van der Waals surface area contributed by atoms with Crippen LogP contribution in [0.3, 0.4) is 0 Å². The molecule has 82 valence electrons. The van der Waals surface area contributed by atoms with Gasteiger partial charge < -0.3 is 10.2 Å². The van der Waals surface area contributed by atoms with E-state index in [1.807, 2.05) is 0 Å². The molecule has 0 amide bonds. The summed E-state index contributed by atoms with van der Waals surface area (Å²) in [6, 6.07) is 5.73. The van der Waals surface area contributed by atoms with Crippen LogP contribution in [0.15, 0.2) is 34.9 Å². The molecule has 0 atom stereocenters. The summed E-state index contributed by atoms with van der Waals surface area (Å²) in [7, 11) is 0. The number of nitrogens with two attached hydrogens (primary N) is 1. The zero-order valence-electron chi connectivity index (χ0n) is 8.66. The Bertz CT molecular complexity index is 509. The van der Waals surface area contributed by atoms with Crippen molar-refractivity contribution >= 4 is 11.5 Å². The average Bonchev–Trinajstić information content (AvgIpc) is 2.77. The Balaban J connectivity index is 2.46. The topological polar surface area (TPSA) is 56.2 Å². The summed E-state index contributed by atoms with van der Waals surface area (Å²) in [5.41, 5.74) is 6.38. The SMILES string of the molecule is Cc1c(N)cc(C(=O)c2ccco2)cc1F. The third kappa shape index (κ3) is 1.69. The summed E-state index contributed by atoms with van der Waals surface area (Å²) < 4.78 is 18.3. The van der Waals surface area contributed by atoms with E-state index in [2.05, 4.69) is 0 Å². The van der Waals surface area contributed by atoms with E-state index in [1.165, 1.54) is 18.4 Å². The van der Waals surface area contributed by atoms with Crippen LogP contribution in [0.1, 0.15) is 21.7 Å². The monoisotopic (exact) mass is 219 g/mol. The maximum atomic E-state index is 13.4. The molecule has 0 aliphatic carbocycles. The average molecular weight is 219 g/mol. The molecule has 0 unspecified atom stereocenters. The molecule has 0 fully saturated rings. The number of carbonyl (C=O) groups is 1. The molecule has 0 aliphatic rings. The van der Waals surface area contributed by atoms with E-state index in [0.29, 0.717) is 5.56 Å². The van der Waals surface area contributed by atoms with Crippen molar-refractivity contribution in [1.82, 2.24) is 0 Å². The van der Waals surface area contributed by atoms with E-state index in [-0.39, 0.29) is 22.8 Å². The van der Waals surface area contributed by atoms with Crippen molar-refractivity contribution in [2.45, 2.75) is 6.92 Å². The number of furan rings is 1. The lowest BCUT2D eigenvalue weighted by atomic mass is 10.0. The number of hydrogen-bond acceptors (Lipinski definition) is 3. The molecule has 0 saturated carbocycles. The normalized spacial score (nSPS) is 10.4. The van der Waals surface area contributed by atoms with Crippen LogP contribution in [0, 0.1) is 12.7 Å². The van der Waals surface area contributed by atoms with Gasteiger partial charge in [0.15, 0.2) is 5.76 Å². The van der Waals surface area contributed by atoms with E-state index in [1.54, 1.807) is 13.0 Å². The van der Waals surface area contributed by atoms with Gasteiger partial charge in [-0.3, -0.25) is 4.79 Å². The third-order valence-corrected chi connectivity index (χ3v) is 2.39. The first-order valence-corrected chi connectivity index (χ1v) is 4.73. The van der Waals surface area contributed by atoms with E-state index >= 15 is 0 Å². The zero-order valence-corrected chi connectivity index (χ0v) is 8.66. The van der Waals surface area contributed by atoms with Crippen LogP contribution < -0.4 is 5.73 Å².